The maximum Gasteiger partial charge on any atom is 0.222 e. The first kappa shape index (κ1) is 17.6. The van der Waals surface area contributed by atoms with E-state index in [1.54, 1.807) is 12.5 Å². The van der Waals surface area contributed by atoms with Gasteiger partial charge in [-0.25, -0.2) is 9.97 Å². The summed E-state index contributed by atoms with van der Waals surface area (Å²) in [5.74, 6) is 1.97. The average Bonchev–Trinajstić information content (AvgIpc) is 3.58. The zero-order valence-electron chi connectivity index (χ0n) is 16.3. The second kappa shape index (κ2) is 7.15. The average molecular weight is 377 g/mol. The highest BCUT2D eigenvalue weighted by atomic mass is 16.2. The molecule has 2 aromatic heterocycles. The van der Waals surface area contributed by atoms with E-state index in [0.29, 0.717) is 18.9 Å². The van der Waals surface area contributed by atoms with E-state index < -0.39 is 0 Å². The van der Waals surface area contributed by atoms with Gasteiger partial charge in [0, 0.05) is 68.1 Å². The number of piperidine rings is 2. The van der Waals surface area contributed by atoms with Crippen molar-refractivity contribution >= 4 is 11.7 Å². The molecule has 2 aliphatic heterocycles. The molecule has 0 aromatic carbocycles. The largest absolute Gasteiger partial charge is 0.356 e. The maximum atomic E-state index is 12.6. The Morgan fingerprint density at radius 1 is 1.18 bits per heavy atom. The van der Waals surface area contributed by atoms with Crippen LogP contribution in [-0.4, -0.2) is 45.4 Å². The summed E-state index contributed by atoms with van der Waals surface area (Å²) in [6.07, 6.45) is 11.8. The third-order valence-electron chi connectivity index (χ3n) is 6.50. The quantitative estimate of drug-likeness (QED) is 0.819. The number of carbonyl (C=O) groups excluding carboxylic acids is 1. The lowest BCUT2D eigenvalue weighted by Gasteiger charge is -2.48. The Hall–Kier alpha value is -2.50. The number of amides is 1. The number of hydrogen-bond acceptors (Lipinski definition) is 5. The fourth-order valence-corrected chi connectivity index (χ4v) is 4.83. The first-order valence-electron chi connectivity index (χ1n) is 10.4. The first-order chi connectivity index (χ1) is 13.7. The van der Waals surface area contributed by atoms with E-state index in [4.69, 9.17) is 0 Å². The van der Waals surface area contributed by atoms with E-state index in [-0.39, 0.29) is 11.3 Å². The van der Waals surface area contributed by atoms with Crippen LogP contribution < -0.4 is 4.90 Å². The number of carbonyl (C=O) groups is 1. The van der Waals surface area contributed by atoms with Crippen LogP contribution in [-0.2, 0) is 11.3 Å². The number of pyridine rings is 1. The summed E-state index contributed by atoms with van der Waals surface area (Å²) >= 11 is 0. The monoisotopic (exact) mass is 377 g/mol. The van der Waals surface area contributed by atoms with Gasteiger partial charge in [0.25, 0.3) is 0 Å². The molecule has 1 unspecified atom stereocenters. The van der Waals surface area contributed by atoms with Gasteiger partial charge >= 0.3 is 0 Å². The Bertz CT molecular complexity index is 853. The van der Waals surface area contributed by atoms with Crippen molar-refractivity contribution in [1.82, 2.24) is 19.9 Å². The summed E-state index contributed by atoms with van der Waals surface area (Å²) in [5, 5.41) is 0. The van der Waals surface area contributed by atoms with Gasteiger partial charge < -0.3 is 9.80 Å². The predicted octanol–water partition coefficient (Wildman–Crippen LogP) is 3.16. The zero-order valence-corrected chi connectivity index (χ0v) is 16.3. The highest BCUT2D eigenvalue weighted by molar-refractivity contribution is 5.77. The minimum atomic E-state index is 0.166. The number of aromatic nitrogens is 3. The standard InChI is InChI=1S/C22H27N5O/c28-21-6-8-22(15-27(21)13-17-3-1-9-23-12-17)7-2-10-26(14-22)20-11-19(18-4-5-18)24-16-25-20/h1,3,9,11-12,16,18H,2,4-8,10,13-15H2. The number of rotatable bonds is 4. The lowest BCUT2D eigenvalue weighted by Crippen LogP contribution is -2.54. The molecule has 5 rings (SSSR count). The molecule has 6 nitrogen and oxygen atoms in total. The van der Waals surface area contributed by atoms with Gasteiger partial charge in [0.2, 0.25) is 5.91 Å². The van der Waals surface area contributed by atoms with E-state index in [2.05, 4.69) is 32.0 Å². The SMILES string of the molecule is O=C1CCC2(CCCN(c3cc(C4CC4)ncn3)C2)CN1Cc1cccnc1. The Labute approximate surface area is 166 Å². The third kappa shape index (κ3) is 3.60. The van der Waals surface area contributed by atoms with Crippen molar-refractivity contribution in [1.29, 1.82) is 0 Å². The molecule has 3 fully saturated rings. The van der Waals surface area contributed by atoms with E-state index in [1.165, 1.54) is 25.0 Å². The molecule has 1 aliphatic carbocycles. The molecule has 1 spiro atoms. The maximum absolute atomic E-state index is 12.6. The van der Waals surface area contributed by atoms with E-state index in [9.17, 15) is 4.79 Å². The van der Waals surface area contributed by atoms with Gasteiger partial charge in [-0.2, -0.15) is 0 Å². The highest BCUT2D eigenvalue weighted by Gasteiger charge is 2.42. The minimum Gasteiger partial charge on any atom is -0.356 e. The Morgan fingerprint density at radius 3 is 2.93 bits per heavy atom. The van der Waals surface area contributed by atoms with E-state index >= 15 is 0 Å². The van der Waals surface area contributed by atoms with Crippen molar-refractivity contribution in [3.8, 4) is 0 Å². The summed E-state index contributed by atoms with van der Waals surface area (Å²) in [5.41, 5.74) is 2.46. The number of nitrogens with zero attached hydrogens (tertiary/aromatic N) is 5. The second-order valence-corrected chi connectivity index (χ2v) is 8.71. The molecule has 146 valence electrons. The topological polar surface area (TPSA) is 62.2 Å². The summed E-state index contributed by atoms with van der Waals surface area (Å²) in [6, 6.07) is 6.18. The molecule has 0 bridgehead atoms. The summed E-state index contributed by atoms with van der Waals surface area (Å²) < 4.78 is 0. The van der Waals surface area contributed by atoms with Crippen LogP contribution in [0, 0.1) is 5.41 Å². The molecule has 0 radical (unpaired) electrons. The van der Waals surface area contributed by atoms with Gasteiger partial charge in [0.05, 0.1) is 0 Å². The molecule has 4 heterocycles. The number of hydrogen-bond donors (Lipinski definition) is 0. The van der Waals surface area contributed by atoms with Gasteiger partial charge in [-0.05, 0) is 43.7 Å². The molecule has 2 saturated heterocycles. The van der Waals surface area contributed by atoms with Gasteiger partial charge in [-0.3, -0.25) is 9.78 Å². The summed E-state index contributed by atoms with van der Waals surface area (Å²) in [7, 11) is 0. The molecule has 6 heteroatoms. The first-order valence-corrected chi connectivity index (χ1v) is 10.4. The van der Waals surface area contributed by atoms with Crippen molar-refractivity contribution in [3.63, 3.8) is 0 Å². The van der Waals surface area contributed by atoms with Crippen LogP contribution in [0.15, 0.2) is 36.9 Å². The molecule has 28 heavy (non-hydrogen) atoms. The molecule has 1 amide bonds. The lowest BCUT2D eigenvalue weighted by atomic mass is 9.73. The molecule has 1 saturated carbocycles. The Morgan fingerprint density at radius 2 is 2.11 bits per heavy atom. The third-order valence-corrected chi connectivity index (χ3v) is 6.50. The van der Waals surface area contributed by atoms with Crippen LogP contribution in [0.2, 0.25) is 0 Å². The molecule has 0 N–H and O–H groups in total. The number of anilines is 1. The predicted molar refractivity (Wildman–Crippen MR) is 107 cm³/mol. The summed E-state index contributed by atoms with van der Waals surface area (Å²) in [4.78, 5) is 30.3. The molecule has 3 aliphatic rings. The number of likely N-dealkylation sites (tertiary alicyclic amines) is 1. The molecule has 2 aromatic rings. The normalized spacial score (nSPS) is 25.4. The van der Waals surface area contributed by atoms with Crippen LogP contribution >= 0.6 is 0 Å². The van der Waals surface area contributed by atoms with Gasteiger partial charge in [0.1, 0.15) is 12.1 Å². The van der Waals surface area contributed by atoms with E-state index in [1.807, 2.05) is 17.2 Å². The second-order valence-electron chi connectivity index (χ2n) is 8.71. The van der Waals surface area contributed by atoms with Crippen LogP contribution in [0.1, 0.15) is 55.7 Å². The van der Waals surface area contributed by atoms with Crippen LogP contribution in [0.25, 0.3) is 0 Å². The smallest absolute Gasteiger partial charge is 0.222 e. The highest BCUT2D eigenvalue weighted by Crippen LogP contribution is 2.42. The summed E-state index contributed by atoms with van der Waals surface area (Å²) in [6.45, 7) is 3.51. The van der Waals surface area contributed by atoms with Crippen LogP contribution in [0.4, 0.5) is 5.82 Å². The Kier molecular flexibility index (Phi) is 4.49. The molecular formula is C22H27N5O. The van der Waals surface area contributed by atoms with Crippen molar-refractivity contribution < 1.29 is 4.79 Å². The van der Waals surface area contributed by atoms with E-state index in [0.717, 1.165) is 43.9 Å². The van der Waals surface area contributed by atoms with Crippen LogP contribution in [0.5, 0.6) is 0 Å². The van der Waals surface area contributed by atoms with Gasteiger partial charge in [-0.1, -0.05) is 6.07 Å². The fourth-order valence-electron chi connectivity index (χ4n) is 4.83. The fraction of sp³-hybridized carbons (Fsp3) is 0.545. The van der Waals surface area contributed by atoms with Gasteiger partial charge in [-0.15, -0.1) is 0 Å². The van der Waals surface area contributed by atoms with Crippen molar-refractivity contribution in [2.75, 3.05) is 24.5 Å². The lowest BCUT2D eigenvalue weighted by molar-refractivity contribution is -0.138. The zero-order chi connectivity index (χ0) is 19.0. The molecule has 1 atom stereocenters. The van der Waals surface area contributed by atoms with Gasteiger partial charge in [0.15, 0.2) is 0 Å². The van der Waals surface area contributed by atoms with Crippen molar-refractivity contribution in [2.24, 2.45) is 5.41 Å². The Balaban J connectivity index is 1.32. The van der Waals surface area contributed by atoms with Crippen LogP contribution in [0.3, 0.4) is 0 Å². The van der Waals surface area contributed by atoms with Crippen molar-refractivity contribution in [2.45, 2.75) is 51.0 Å². The van der Waals surface area contributed by atoms with Crippen molar-refractivity contribution in [3.05, 3.63) is 48.2 Å². The molecular weight excluding hydrogens is 350 g/mol. The minimum absolute atomic E-state index is 0.166.